The van der Waals surface area contributed by atoms with Gasteiger partial charge in [-0.2, -0.15) is 0 Å². The lowest BCUT2D eigenvalue weighted by Crippen LogP contribution is -2.28. The van der Waals surface area contributed by atoms with Crippen molar-refractivity contribution in [3.8, 4) is 0 Å². The number of amides is 1. The van der Waals surface area contributed by atoms with E-state index in [0.29, 0.717) is 11.6 Å². The van der Waals surface area contributed by atoms with Gasteiger partial charge in [-0.1, -0.05) is 46.8 Å². The van der Waals surface area contributed by atoms with Gasteiger partial charge < -0.3 is 10.2 Å². The predicted molar refractivity (Wildman–Crippen MR) is 113 cm³/mol. The molecule has 0 bridgehead atoms. The van der Waals surface area contributed by atoms with Crippen molar-refractivity contribution >= 4 is 17.5 Å². The van der Waals surface area contributed by atoms with Crippen molar-refractivity contribution in [2.45, 2.75) is 59.8 Å². The Morgan fingerprint density at radius 2 is 1.63 bits per heavy atom. The number of aryl methyl sites for hydroxylation is 1. The monoisotopic (exact) mass is 368 g/mol. The summed E-state index contributed by atoms with van der Waals surface area (Å²) in [5.74, 6) is 0.421. The third-order valence-electron chi connectivity index (χ3n) is 4.35. The quantitative estimate of drug-likeness (QED) is 0.750. The van der Waals surface area contributed by atoms with Crippen LogP contribution in [0.2, 0.25) is 0 Å². The molecule has 0 spiro atoms. The predicted octanol–water partition coefficient (Wildman–Crippen LogP) is 4.96. The topological polar surface area (TPSA) is 58.1 Å². The Morgan fingerprint density at radius 3 is 2.15 bits per heavy atom. The molecular formula is C22H32N4O. The van der Waals surface area contributed by atoms with Crippen LogP contribution in [0.3, 0.4) is 0 Å². The zero-order chi connectivity index (χ0) is 20.0. The van der Waals surface area contributed by atoms with E-state index in [-0.39, 0.29) is 11.3 Å². The number of rotatable bonds is 7. The lowest BCUT2D eigenvalue weighted by molar-refractivity contribution is 0.102. The van der Waals surface area contributed by atoms with Crippen LogP contribution in [0.5, 0.6) is 0 Å². The largest absolute Gasteiger partial charge is 0.341 e. The first-order valence-corrected chi connectivity index (χ1v) is 9.77. The third-order valence-corrected chi connectivity index (χ3v) is 4.35. The molecule has 1 amide bonds. The van der Waals surface area contributed by atoms with E-state index in [2.05, 4.69) is 66.9 Å². The SMILES string of the molecule is CCCN(CCC)c1nc(C)cc(C(=O)Nc2ccc(C(C)(C)C)cc2)n1. The molecule has 0 saturated carbocycles. The molecule has 1 heterocycles. The number of hydrogen-bond donors (Lipinski definition) is 1. The van der Waals surface area contributed by atoms with Crippen molar-refractivity contribution in [1.29, 1.82) is 0 Å². The zero-order valence-corrected chi connectivity index (χ0v) is 17.5. The fraction of sp³-hybridized carbons (Fsp3) is 0.500. The maximum absolute atomic E-state index is 12.7. The second kappa shape index (κ2) is 8.98. The standard InChI is InChI=1S/C22H32N4O/c1-7-13-26(14-8-2)21-23-16(3)15-19(25-21)20(27)24-18-11-9-17(10-12-18)22(4,5)6/h9-12,15H,7-8,13-14H2,1-6H3,(H,24,27). The maximum Gasteiger partial charge on any atom is 0.274 e. The fourth-order valence-corrected chi connectivity index (χ4v) is 2.91. The normalized spacial score (nSPS) is 11.3. The van der Waals surface area contributed by atoms with Crippen molar-refractivity contribution in [3.05, 3.63) is 47.3 Å². The second-order valence-electron chi connectivity index (χ2n) is 7.96. The van der Waals surface area contributed by atoms with Gasteiger partial charge in [0.05, 0.1) is 0 Å². The Morgan fingerprint density at radius 1 is 1.04 bits per heavy atom. The number of hydrogen-bond acceptors (Lipinski definition) is 4. The van der Waals surface area contributed by atoms with E-state index in [1.807, 2.05) is 19.1 Å². The second-order valence-corrected chi connectivity index (χ2v) is 7.96. The van der Waals surface area contributed by atoms with E-state index in [1.165, 1.54) is 5.56 Å². The lowest BCUT2D eigenvalue weighted by Gasteiger charge is -2.22. The highest BCUT2D eigenvalue weighted by Gasteiger charge is 2.16. The van der Waals surface area contributed by atoms with Crippen LogP contribution >= 0.6 is 0 Å². The minimum Gasteiger partial charge on any atom is -0.341 e. The summed E-state index contributed by atoms with van der Waals surface area (Å²) in [5.41, 5.74) is 3.28. The summed E-state index contributed by atoms with van der Waals surface area (Å²) >= 11 is 0. The zero-order valence-electron chi connectivity index (χ0n) is 17.5. The Labute approximate surface area is 163 Å². The minimum atomic E-state index is -0.210. The Kier molecular flexibility index (Phi) is 6.94. The minimum absolute atomic E-state index is 0.0865. The molecule has 2 rings (SSSR count). The molecule has 0 aliphatic rings. The number of nitrogens with one attached hydrogen (secondary N) is 1. The van der Waals surface area contributed by atoms with Gasteiger partial charge in [0.1, 0.15) is 5.69 Å². The third kappa shape index (κ3) is 5.78. The molecule has 146 valence electrons. The first-order chi connectivity index (χ1) is 12.7. The Hall–Kier alpha value is -2.43. The highest BCUT2D eigenvalue weighted by Crippen LogP contribution is 2.23. The van der Waals surface area contributed by atoms with Gasteiger partial charge in [0.25, 0.3) is 5.91 Å². The number of carbonyl (C=O) groups excluding carboxylic acids is 1. The van der Waals surface area contributed by atoms with Crippen molar-refractivity contribution in [2.75, 3.05) is 23.3 Å². The number of anilines is 2. The van der Waals surface area contributed by atoms with Gasteiger partial charge in [0.2, 0.25) is 5.95 Å². The molecule has 2 aromatic rings. The van der Waals surface area contributed by atoms with Gasteiger partial charge in [-0.3, -0.25) is 4.79 Å². The number of benzene rings is 1. The van der Waals surface area contributed by atoms with Gasteiger partial charge in [0.15, 0.2) is 0 Å². The number of aromatic nitrogens is 2. The summed E-state index contributed by atoms with van der Waals surface area (Å²) in [5, 5.41) is 2.95. The number of nitrogens with zero attached hydrogens (tertiary/aromatic N) is 3. The summed E-state index contributed by atoms with van der Waals surface area (Å²) in [7, 11) is 0. The molecule has 0 unspecified atom stereocenters. The van der Waals surface area contributed by atoms with Crippen LogP contribution in [0, 0.1) is 6.92 Å². The molecule has 0 atom stereocenters. The molecule has 0 radical (unpaired) electrons. The van der Waals surface area contributed by atoms with Crippen molar-refractivity contribution in [3.63, 3.8) is 0 Å². The average molecular weight is 369 g/mol. The Balaban J connectivity index is 2.20. The molecule has 0 saturated heterocycles. The first kappa shape index (κ1) is 20.9. The average Bonchev–Trinajstić information content (AvgIpc) is 2.60. The van der Waals surface area contributed by atoms with Crippen molar-refractivity contribution in [2.24, 2.45) is 0 Å². The molecule has 0 aliphatic heterocycles. The van der Waals surface area contributed by atoms with Gasteiger partial charge in [0, 0.05) is 24.5 Å². The molecule has 27 heavy (non-hydrogen) atoms. The molecule has 5 nitrogen and oxygen atoms in total. The van der Waals surface area contributed by atoms with Crippen LogP contribution in [-0.2, 0) is 5.41 Å². The van der Waals surface area contributed by atoms with Crippen molar-refractivity contribution < 1.29 is 4.79 Å². The maximum atomic E-state index is 12.7. The smallest absolute Gasteiger partial charge is 0.274 e. The van der Waals surface area contributed by atoms with Crippen molar-refractivity contribution in [1.82, 2.24) is 9.97 Å². The lowest BCUT2D eigenvalue weighted by atomic mass is 9.87. The van der Waals surface area contributed by atoms with Crippen LogP contribution in [0.4, 0.5) is 11.6 Å². The molecule has 0 fully saturated rings. The van der Waals surface area contributed by atoms with E-state index in [0.717, 1.165) is 37.3 Å². The van der Waals surface area contributed by atoms with E-state index in [9.17, 15) is 4.79 Å². The Bertz CT molecular complexity index is 757. The summed E-state index contributed by atoms with van der Waals surface area (Å²) in [6, 6.07) is 9.72. The van der Waals surface area contributed by atoms with Gasteiger partial charge in [-0.25, -0.2) is 9.97 Å². The van der Waals surface area contributed by atoms with E-state index in [4.69, 9.17) is 0 Å². The van der Waals surface area contributed by atoms with Crippen LogP contribution in [0.25, 0.3) is 0 Å². The van der Waals surface area contributed by atoms with Gasteiger partial charge >= 0.3 is 0 Å². The molecular weight excluding hydrogens is 336 g/mol. The summed E-state index contributed by atoms with van der Waals surface area (Å²) < 4.78 is 0. The molecule has 5 heteroatoms. The molecule has 1 aromatic heterocycles. The first-order valence-electron chi connectivity index (χ1n) is 9.77. The van der Waals surface area contributed by atoms with E-state index >= 15 is 0 Å². The highest BCUT2D eigenvalue weighted by atomic mass is 16.1. The van der Waals surface area contributed by atoms with E-state index in [1.54, 1.807) is 6.07 Å². The van der Waals surface area contributed by atoms with Crippen LogP contribution in [0.15, 0.2) is 30.3 Å². The fourth-order valence-electron chi connectivity index (χ4n) is 2.91. The number of carbonyl (C=O) groups is 1. The van der Waals surface area contributed by atoms with E-state index < -0.39 is 0 Å². The summed E-state index contributed by atoms with van der Waals surface area (Å²) in [4.78, 5) is 23.9. The molecule has 0 aliphatic carbocycles. The summed E-state index contributed by atoms with van der Waals surface area (Å²) in [6.45, 7) is 14.4. The molecule has 1 N–H and O–H groups in total. The van der Waals surface area contributed by atoms with Gasteiger partial charge in [-0.05, 0) is 48.9 Å². The molecule has 1 aromatic carbocycles. The van der Waals surface area contributed by atoms with Crippen LogP contribution in [-0.4, -0.2) is 29.0 Å². The van der Waals surface area contributed by atoms with Crippen LogP contribution in [0.1, 0.15) is 69.2 Å². The van der Waals surface area contributed by atoms with Crippen LogP contribution < -0.4 is 10.2 Å². The van der Waals surface area contributed by atoms with Gasteiger partial charge in [-0.15, -0.1) is 0 Å². The summed E-state index contributed by atoms with van der Waals surface area (Å²) in [6.07, 6.45) is 2.03. The highest BCUT2D eigenvalue weighted by molar-refractivity contribution is 6.03.